The lowest BCUT2D eigenvalue weighted by Crippen LogP contribution is -2.23. The molecule has 5 rings (SSSR count). The van der Waals surface area contributed by atoms with Crippen molar-refractivity contribution in [2.45, 2.75) is 5.66 Å². The van der Waals surface area contributed by atoms with Crippen molar-refractivity contribution in [1.29, 1.82) is 0 Å². The quantitative estimate of drug-likeness (QED) is 0.213. The van der Waals surface area contributed by atoms with Gasteiger partial charge in [-0.1, -0.05) is 152 Å². The van der Waals surface area contributed by atoms with Gasteiger partial charge in [0.2, 0.25) is 0 Å². The summed E-state index contributed by atoms with van der Waals surface area (Å²) in [4.78, 5) is 0. The maximum absolute atomic E-state index is 2.33. The third-order valence-corrected chi connectivity index (χ3v) is 11.7. The molecule has 0 radical (unpaired) electrons. The molecule has 2 heteroatoms. The minimum Gasteiger partial charge on any atom is -0.0622 e. The summed E-state index contributed by atoms with van der Waals surface area (Å²) in [7, 11) is -1.10. The topological polar surface area (TPSA) is 0 Å². The molecule has 0 saturated heterocycles. The molecule has 166 valence electrons. The third kappa shape index (κ3) is 5.37. The fourth-order valence-electron chi connectivity index (χ4n) is 4.45. The maximum atomic E-state index is 2.33. The molecule has 0 unspecified atom stereocenters. The van der Waals surface area contributed by atoms with E-state index >= 15 is 0 Å². The van der Waals surface area contributed by atoms with E-state index in [1.807, 2.05) is 0 Å². The number of hydrogen-bond acceptors (Lipinski definition) is 0. The van der Waals surface area contributed by atoms with Gasteiger partial charge in [-0.2, -0.15) is 0 Å². The Morgan fingerprint density at radius 3 is 1.09 bits per heavy atom. The van der Waals surface area contributed by atoms with Crippen molar-refractivity contribution in [3.8, 4) is 0 Å². The van der Waals surface area contributed by atoms with E-state index in [0.29, 0.717) is 5.66 Å². The molecule has 0 aliphatic carbocycles. The van der Waals surface area contributed by atoms with Crippen LogP contribution in [0.15, 0.2) is 152 Å². The second-order valence-corrected chi connectivity index (χ2v) is 12.9. The summed E-state index contributed by atoms with van der Waals surface area (Å²) in [6.45, 7) is 0. The van der Waals surface area contributed by atoms with Crippen LogP contribution in [0.1, 0.15) is 11.2 Å². The zero-order chi connectivity index (χ0) is 23.0. The number of rotatable bonds is 8. The number of benzene rings is 5. The first-order valence-corrected chi connectivity index (χ1v) is 14.7. The predicted octanol–water partition coefficient (Wildman–Crippen LogP) is 6.99. The molecule has 0 aromatic heterocycles. The first-order valence-electron chi connectivity index (χ1n) is 11.7. The molecule has 34 heavy (non-hydrogen) atoms. The van der Waals surface area contributed by atoms with Gasteiger partial charge in [0.05, 0.1) is 0 Å². The highest BCUT2D eigenvalue weighted by Crippen LogP contribution is 2.54. The van der Waals surface area contributed by atoms with Gasteiger partial charge in [0.1, 0.15) is 0 Å². The van der Waals surface area contributed by atoms with Crippen LogP contribution in [0.4, 0.5) is 0 Å². The molecule has 5 aromatic rings. The van der Waals surface area contributed by atoms with E-state index < -0.39 is 15.8 Å². The molecule has 1 atom stereocenters. The monoisotopic (exact) mass is 474 g/mol. The Kier molecular flexibility index (Phi) is 7.62. The molecular formula is C32H28P2. The normalized spacial score (nSPS) is 12.1. The lowest BCUT2D eigenvalue weighted by molar-refractivity contribution is 1.10. The van der Waals surface area contributed by atoms with E-state index in [1.165, 1.54) is 26.8 Å². The fourth-order valence-corrected chi connectivity index (χ4v) is 10.4. The standard InChI is InChI=1S/C32H28P2/c1-6-16-27(17-7-1)32(34(30-22-12-4-13-23-30)31-24-14-5-15-25-31)26-33(28-18-8-2-9-19-28)29-20-10-3-11-21-29/h1-25,32H,26H2/t32-/m0/s1. The van der Waals surface area contributed by atoms with E-state index in [9.17, 15) is 0 Å². The van der Waals surface area contributed by atoms with Gasteiger partial charge in [0.25, 0.3) is 0 Å². The van der Waals surface area contributed by atoms with Crippen molar-refractivity contribution in [3.63, 3.8) is 0 Å². The third-order valence-electron chi connectivity index (χ3n) is 6.06. The number of hydrogen-bond donors (Lipinski definition) is 0. The highest BCUT2D eigenvalue weighted by atomic mass is 31.1. The summed E-state index contributed by atoms with van der Waals surface area (Å²) >= 11 is 0. The molecule has 0 nitrogen and oxygen atoms in total. The Bertz CT molecular complexity index is 1180. The van der Waals surface area contributed by atoms with Crippen molar-refractivity contribution in [3.05, 3.63) is 157 Å². The van der Waals surface area contributed by atoms with Crippen LogP contribution in [-0.4, -0.2) is 6.16 Å². The van der Waals surface area contributed by atoms with Crippen LogP contribution < -0.4 is 21.2 Å². The van der Waals surface area contributed by atoms with Gasteiger partial charge >= 0.3 is 0 Å². The molecule has 0 fully saturated rings. The average Bonchev–Trinajstić information content (AvgIpc) is 2.93. The van der Waals surface area contributed by atoms with Gasteiger partial charge in [0, 0.05) is 5.66 Å². The molecule has 0 aliphatic rings. The van der Waals surface area contributed by atoms with E-state index in [2.05, 4.69) is 152 Å². The van der Waals surface area contributed by atoms with Crippen LogP contribution in [0.2, 0.25) is 0 Å². The summed E-state index contributed by atoms with van der Waals surface area (Å²) in [6, 6.07) is 55.7. The molecule has 0 spiro atoms. The molecular weight excluding hydrogens is 446 g/mol. The van der Waals surface area contributed by atoms with Crippen LogP contribution in [0.3, 0.4) is 0 Å². The van der Waals surface area contributed by atoms with Gasteiger partial charge in [-0.05, 0) is 48.8 Å². The summed E-state index contributed by atoms with van der Waals surface area (Å²) in [5.41, 5.74) is 1.84. The Balaban J connectivity index is 1.66. The van der Waals surface area contributed by atoms with E-state index in [0.717, 1.165) is 6.16 Å². The highest BCUT2D eigenvalue weighted by Gasteiger charge is 2.30. The summed E-state index contributed by atoms with van der Waals surface area (Å²) < 4.78 is 0. The summed E-state index contributed by atoms with van der Waals surface area (Å²) in [5, 5.41) is 5.77. The second-order valence-electron chi connectivity index (χ2n) is 8.25. The SMILES string of the molecule is c1ccc([C@H](CP(c2ccccc2)c2ccccc2)P(c2ccccc2)c2ccccc2)cc1. The molecule has 0 saturated carbocycles. The Hall–Kier alpha value is -3.04. The van der Waals surface area contributed by atoms with Crippen molar-refractivity contribution in [2.75, 3.05) is 6.16 Å². The average molecular weight is 475 g/mol. The van der Waals surface area contributed by atoms with Gasteiger partial charge < -0.3 is 0 Å². The van der Waals surface area contributed by atoms with Gasteiger partial charge in [-0.25, -0.2) is 0 Å². The fraction of sp³-hybridized carbons (Fsp3) is 0.0625. The van der Waals surface area contributed by atoms with Crippen LogP contribution in [0.5, 0.6) is 0 Å². The minimum atomic E-state index is -0.588. The van der Waals surface area contributed by atoms with E-state index in [1.54, 1.807) is 0 Å². The molecule has 0 amide bonds. The van der Waals surface area contributed by atoms with Crippen molar-refractivity contribution < 1.29 is 0 Å². The van der Waals surface area contributed by atoms with E-state index in [-0.39, 0.29) is 0 Å². The van der Waals surface area contributed by atoms with Crippen molar-refractivity contribution in [2.24, 2.45) is 0 Å². The van der Waals surface area contributed by atoms with E-state index in [4.69, 9.17) is 0 Å². The first-order chi connectivity index (χ1) is 16.9. The predicted molar refractivity (Wildman–Crippen MR) is 152 cm³/mol. The Morgan fingerprint density at radius 2 is 0.706 bits per heavy atom. The zero-order valence-electron chi connectivity index (χ0n) is 19.1. The Morgan fingerprint density at radius 1 is 0.382 bits per heavy atom. The summed E-state index contributed by atoms with van der Waals surface area (Å²) in [5.74, 6) is 0. The smallest absolute Gasteiger partial charge is 0.0167 e. The van der Waals surface area contributed by atoms with Gasteiger partial charge in [-0.15, -0.1) is 0 Å². The van der Waals surface area contributed by atoms with Gasteiger partial charge in [0.15, 0.2) is 0 Å². The molecule has 0 N–H and O–H groups in total. The first kappa shape index (κ1) is 22.7. The lowest BCUT2D eigenvalue weighted by atomic mass is 10.2. The van der Waals surface area contributed by atoms with Crippen LogP contribution in [0.25, 0.3) is 0 Å². The highest BCUT2D eigenvalue weighted by molar-refractivity contribution is 7.76. The summed E-state index contributed by atoms with van der Waals surface area (Å²) in [6.07, 6.45) is 1.11. The molecule has 5 aromatic carbocycles. The van der Waals surface area contributed by atoms with Crippen molar-refractivity contribution in [1.82, 2.24) is 0 Å². The largest absolute Gasteiger partial charge is 0.0622 e. The Labute approximate surface area is 205 Å². The zero-order valence-corrected chi connectivity index (χ0v) is 20.9. The molecule has 0 aliphatic heterocycles. The van der Waals surface area contributed by atoms with Gasteiger partial charge in [-0.3, -0.25) is 0 Å². The second kappa shape index (κ2) is 11.4. The van der Waals surface area contributed by atoms with Crippen molar-refractivity contribution >= 4 is 37.1 Å². The van der Waals surface area contributed by atoms with Crippen LogP contribution in [0, 0.1) is 0 Å². The van der Waals surface area contributed by atoms with Crippen LogP contribution >= 0.6 is 15.8 Å². The van der Waals surface area contributed by atoms with Crippen LogP contribution in [-0.2, 0) is 0 Å². The molecule has 0 heterocycles. The molecule has 0 bridgehead atoms. The lowest BCUT2D eigenvalue weighted by Gasteiger charge is -2.33. The maximum Gasteiger partial charge on any atom is 0.0167 e. The minimum absolute atomic E-state index is 0.410.